The predicted octanol–water partition coefficient (Wildman–Crippen LogP) is 3.92. The zero-order valence-electron chi connectivity index (χ0n) is 15.3. The Morgan fingerprint density at radius 3 is 2.31 bits per heavy atom. The van der Waals surface area contributed by atoms with Gasteiger partial charge in [0.25, 0.3) is 5.91 Å². The zero-order chi connectivity index (χ0) is 18.7. The van der Waals surface area contributed by atoms with Crippen molar-refractivity contribution in [2.24, 2.45) is 0 Å². The molecule has 5 nitrogen and oxygen atoms in total. The van der Waals surface area contributed by atoms with E-state index in [1.165, 1.54) is 22.5 Å². The Balaban J connectivity index is 1.87. The van der Waals surface area contributed by atoms with Gasteiger partial charge in [-0.25, -0.2) is 8.42 Å². The molecule has 2 fully saturated rings. The third-order valence-electron chi connectivity index (χ3n) is 5.56. The van der Waals surface area contributed by atoms with Gasteiger partial charge in [0.05, 0.1) is 15.5 Å². The second-order valence-corrected chi connectivity index (χ2v) is 9.66. The van der Waals surface area contributed by atoms with E-state index in [-0.39, 0.29) is 22.4 Å². The topological polar surface area (TPSA) is 57.7 Å². The number of carbonyl (C=O) groups excluding carboxylic acids is 1. The number of rotatable bonds is 4. The maximum atomic E-state index is 13.0. The molecule has 1 aromatic rings. The molecule has 1 aromatic carbocycles. The molecule has 0 N–H and O–H groups in total. The highest BCUT2D eigenvalue weighted by molar-refractivity contribution is 7.89. The fourth-order valence-corrected chi connectivity index (χ4v) is 5.65. The average molecular weight is 399 g/mol. The summed E-state index contributed by atoms with van der Waals surface area (Å²) < 4.78 is 27.6. The van der Waals surface area contributed by atoms with Crippen molar-refractivity contribution in [2.75, 3.05) is 20.1 Å². The van der Waals surface area contributed by atoms with Crippen molar-refractivity contribution < 1.29 is 13.2 Å². The molecule has 1 saturated heterocycles. The van der Waals surface area contributed by atoms with Gasteiger partial charge in [0, 0.05) is 26.2 Å². The van der Waals surface area contributed by atoms with E-state index in [0.29, 0.717) is 18.1 Å². The van der Waals surface area contributed by atoms with Gasteiger partial charge in [-0.1, -0.05) is 37.3 Å². The normalized spacial score (nSPS) is 20.1. The van der Waals surface area contributed by atoms with Gasteiger partial charge >= 0.3 is 0 Å². The van der Waals surface area contributed by atoms with Gasteiger partial charge in [0.2, 0.25) is 10.0 Å². The second-order valence-electron chi connectivity index (χ2n) is 7.31. The predicted molar refractivity (Wildman–Crippen MR) is 103 cm³/mol. The molecular weight excluding hydrogens is 372 g/mol. The van der Waals surface area contributed by atoms with Crippen LogP contribution >= 0.6 is 11.6 Å². The van der Waals surface area contributed by atoms with Crippen molar-refractivity contribution in [1.29, 1.82) is 0 Å². The van der Waals surface area contributed by atoms with Gasteiger partial charge in [-0.2, -0.15) is 4.31 Å². The molecule has 1 saturated carbocycles. The lowest BCUT2D eigenvalue weighted by Crippen LogP contribution is -2.36. The smallest absolute Gasteiger partial charge is 0.255 e. The Hall–Kier alpha value is -1.11. The standard InChI is InChI=1S/C19H27ClN2O3S/c1-21(15-8-4-5-9-15)19(23)17-14-16(10-11-18(17)20)26(24,25)22-12-6-2-3-7-13-22/h10-11,14-15H,2-9,12-13H2,1H3. The summed E-state index contributed by atoms with van der Waals surface area (Å²) in [5, 5.41) is 0.301. The van der Waals surface area contributed by atoms with Crippen molar-refractivity contribution in [3.63, 3.8) is 0 Å². The molecule has 1 aliphatic carbocycles. The van der Waals surface area contributed by atoms with E-state index < -0.39 is 10.0 Å². The van der Waals surface area contributed by atoms with Gasteiger partial charge < -0.3 is 4.90 Å². The number of hydrogen-bond acceptors (Lipinski definition) is 3. The lowest BCUT2D eigenvalue weighted by Gasteiger charge is -2.25. The highest BCUT2D eigenvalue weighted by Crippen LogP contribution is 2.28. The van der Waals surface area contributed by atoms with Crippen LogP contribution in [0.1, 0.15) is 61.7 Å². The van der Waals surface area contributed by atoms with E-state index in [0.717, 1.165) is 51.4 Å². The molecule has 144 valence electrons. The number of halogens is 1. The monoisotopic (exact) mass is 398 g/mol. The van der Waals surface area contributed by atoms with E-state index in [9.17, 15) is 13.2 Å². The Kier molecular flexibility index (Phi) is 6.25. The van der Waals surface area contributed by atoms with Gasteiger partial charge in [-0.3, -0.25) is 4.79 Å². The van der Waals surface area contributed by atoms with E-state index in [1.54, 1.807) is 11.9 Å². The van der Waals surface area contributed by atoms with E-state index in [1.807, 2.05) is 0 Å². The second kappa shape index (κ2) is 8.28. The first kappa shape index (κ1) is 19.6. The van der Waals surface area contributed by atoms with Crippen LogP contribution in [0.4, 0.5) is 0 Å². The number of benzene rings is 1. The third kappa shape index (κ3) is 4.07. The first-order chi connectivity index (χ1) is 12.4. The lowest BCUT2D eigenvalue weighted by atomic mass is 10.1. The Morgan fingerprint density at radius 2 is 1.69 bits per heavy atom. The molecule has 0 atom stereocenters. The van der Waals surface area contributed by atoms with Crippen LogP contribution in [-0.4, -0.2) is 49.7 Å². The van der Waals surface area contributed by atoms with Crippen molar-refractivity contribution in [3.05, 3.63) is 28.8 Å². The largest absolute Gasteiger partial charge is 0.339 e. The van der Waals surface area contributed by atoms with Crippen LogP contribution in [0.5, 0.6) is 0 Å². The van der Waals surface area contributed by atoms with Crippen LogP contribution in [0, 0.1) is 0 Å². The summed E-state index contributed by atoms with van der Waals surface area (Å²) >= 11 is 6.25. The Bertz CT molecular complexity index is 752. The molecule has 0 spiro atoms. The average Bonchev–Trinajstić information content (AvgIpc) is 3.02. The maximum Gasteiger partial charge on any atom is 0.255 e. The quantitative estimate of drug-likeness (QED) is 0.772. The highest BCUT2D eigenvalue weighted by Gasteiger charge is 2.29. The van der Waals surface area contributed by atoms with Crippen LogP contribution in [-0.2, 0) is 10.0 Å². The first-order valence-electron chi connectivity index (χ1n) is 9.48. The van der Waals surface area contributed by atoms with Crippen molar-refractivity contribution in [1.82, 2.24) is 9.21 Å². The molecule has 0 aromatic heterocycles. The molecule has 1 aliphatic heterocycles. The summed E-state index contributed by atoms with van der Waals surface area (Å²) in [5.74, 6) is -0.199. The number of hydrogen-bond donors (Lipinski definition) is 0. The van der Waals surface area contributed by atoms with Gasteiger partial charge in [-0.05, 0) is 43.9 Å². The fraction of sp³-hybridized carbons (Fsp3) is 0.632. The van der Waals surface area contributed by atoms with Crippen LogP contribution in [0.3, 0.4) is 0 Å². The van der Waals surface area contributed by atoms with Crippen LogP contribution in [0.25, 0.3) is 0 Å². The Morgan fingerprint density at radius 1 is 1.08 bits per heavy atom. The molecule has 0 unspecified atom stereocenters. The van der Waals surface area contributed by atoms with Gasteiger partial charge in [0.15, 0.2) is 0 Å². The van der Waals surface area contributed by atoms with Crippen LogP contribution < -0.4 is 0 Å². The number of sulfonamides is 1. The molecule has 1 amide bonds. The summed E-state index contributed by atoms with van der Waals surface area (Å²) in [7, 11) is -1.82. The summed E-state index contributed by atoms with van der Waals surface area (Å²) in [5.41, 5.74) is 0.275. The maximum absolute atomic E-state index is 13.0. The van der Waals surface area contributed by atoms with Gasteiger partial charge in [-0.15, -0.1) is 0 Å². The molecule has 3 rings (SSSR count). The minimum Gasteiger partial charge on any atom is -0.339 e. The van der Waals surface area contributed by atoms with Gasteiger partial charge in [0.1, 0.15) is 0 Å². The lowest BCUT2D eigenvalue weighted by molar-refractivity contribution is 0.0735. The minimum atomic E-state index is -3.60. The third-order valence-corrected chi connectivity index (χ3v) is 7.79. The van der Waals surface area contributed by atoms with E-state index in [4.69, 9.17) is 11.6 Å². The number of nitrogens with zero attached hydrogens (tertiary/aromatic N) is 2. The molecule has 7 heteroatoms. The van der Waals surface area contributed by atoms with Crippen molar-refractivity contribution in [3.8, 4) is 0 Å². The van der Waals surface area contributed by atoms with E-state index in [2.05, 4.69) is 0 Å². The SMILES string of the molecule is CN(C(=O)c1cc(S(=O)(=O)N2CCCCCC2)ccc1Cl)C1CCCC1. The van der Waals surface area contributed by atoms with E-state index >= 15 is 0 Å². The molecule has 1 heterocycles. The Labute approximate surface area is 161 Å². The molecule has 26 heavy (non-hydrogen) atoms. The summed E-state index contributed by atoms with van der Waals surface area (Å²) in [6.07, 6.45) is 8.10. The summed E-state index contributed by atoms with van der Waals surface area (Å²) in [6, 6.07) is 4.71. The van der Waals surface area contributed by atoms with Crippen LogP contribution in [0.2, 0.25) is 5.02 Å². The van der Waals surface area contributed by atoms with Crippen molar-refractivity contribution >= 4 is 27.5 Å². The summed E-state index contributed by atoms with van der Waals surface area (Å²) in [4.78, 5) is 14.8. The fourth-order valence-electron chi connectivity index (χ4n) is 3.91. The molecule has 2 aliphatic rings. The number of amides is 1. The first-order valence-corrected chi connectivity index (χ1v) is 11.3. The zero-order valence-corrected chi connectivity index (χ0v) is 16.9. The highest BCUT2D eigenvalue weighted by atomic mass is 35.5. The molecule has 0 bridgehead atoms. The molecule has 0 radical (unpaired) electrons. The summed E-state index contributed by atoms with van der Waals surface area (Å²) in [6.45, 7) is 1.08. The minimum absolute atomic E-state index is 0.159. The van der Waals surface area contributed by atoms with Crippen LogP contribution in [0.15, 0.2) is 23.1 Å². The van der Waals surface area contributed by atoms with Crippen molar-refractivity contribution in [2.45, 2.75) is 62.3 Å². The molecular formula is C19H27ClN2O3S. The number of carbonyl (C=O) groups is 1.